The second kappa shape index (κ2) is 7.21. The van der Waals surface area contributed by atoms with E-state index in [4.69, 9.17) is 23.2 Å². The van der Waals surface area contributed by atoms with Gasteiger partial charge in [0.15, 0.2) is 0 Å². The zero-order valence-electron chi connectivity index (χ0n) is 12.5. The first-order valence-corrected chi connectivity index (χ1v) is 9.03. The average Bonchev–Trinajstić information content (AvgIpc) is 2.55. The molecule has 4 heteroatoms. The third kappa shape index (κ3) is 3.49. The van der Waals surface area contributed by atoms with E-state index in [0.29, 0.717) is 5.88 Å². The summed E-state index contributed by atoms with van der Waals surface area (Å²) in [7, 11) is 0. The Morgan fingerprint density at radius 2 is 1.71 bits per heavy atom. The average molecular weight is 327 g/mol. The van der Waals surface area contributed by atoms with Crippen LogP contribution in [0, 0.1) is 0 Å². The van der Waals surface area contributed by atoms with E-state index < -0.39 is 0 Å². The van der Waals surface area contributed by atoms with Gasteiger partial charge in [0.1, 0.15) is 0 Å². The number of nitrogens with zero attached hydrogens (tertiary/aromatic N) is 2. The van der Waals surface area contributed by atoms with E-state index in [-0.39, 0.29) is 0 Å². The van der Waals surface area contributed by atoms with Crippen LogP contribution < -0.4 is 4.90 Å². The smallest absolute Gasteiger partial charge is 0.0509 e. The maximum atomic E-state index is 6.28. The molecule has 2 aliphatic heterocycles. The van der Waals surface area contributed by atoms with Crippen molar-refractivity contribution in [3.8, 4) is 0 Å². The predicted octanol–water partition coefficient (Wildman–Crippen LogP) is 4.53. The molecule has 2 heterocycles. The number of benzene rings is 1. The second-order valence-corrected chi connectivity index (χ2v) is 6.86. The van der Waals surface area contributed by atoms with Crippen molar-refractivity contribution < 1.29 is 0 Å². The highest BCUT2D eigenvalue weighted by atomic mass is 35.5. The van der Waals surface area contributed by atoms with Crippen molar-refractivity contribution in [2.75, 3.05) is 31.1 Å². The molecule has 2 aliphatic rings. The molecule has 2 fully saturated rings. The maximum Gasteiger partial charge on any atom is 0.0509 e. The van der Waals surface area contributed by atoms with Crippen molar-refractivity contribution in [3.05, 3.63) is 28.8 Å². The van der Waals surface area contributed by atoms with Gasteiger partial charge in [0.05, 0.1) is 5.88 Å². The van der Waals surface area contributed by atoms with Crippen LogP contribution in [0.5, 0.6) is 0 Å². The number of piperidine rings is 2. The van der Waals surface area contributed by atoms with E-state index >= 15 is 0 Å². The molecule has 0 saturated carbocycles. The van der Waals surface area contributed by atoms with Gasteiger partial charge in [-0.05, 0) is 50.9 Å². The Hall–Kier alpha value is -0.440. The zero-order chi connectivity index (χ0) is 14.7. The fourth-order valence-corrected chi connectivity index (χ4v) is 4.32. The first-order valence-electron chi connectivity index (χ1n) is 8.12. The molecule has 116 valence electrons. The lowest BCUT2D eigenvalue weighted by molar-refractivity contribution is 0.141. The van der Waals surface area contributed by atoms with Gasteiger partial charge in [0.25, 0.3) is 0 Å². The molecule has 3 rings (SSSR count). The zero-order valence-corrected chi connectivity index (χ0v) is 14.0. The SMILES string of the molecule is ClCc1c(Cl)cccc1N1CCC(N2CCCCC2)CC1. The molecule has 21 heavy (non-hydrogen) atoms. The van der Waals surface area contributed by atoms with Gasteiger partial charge >= 0.3 is 0 Å². The molecule has 0 N–H and O–H groups in total. The van der Waals surface area contributed by atoms with E-state index in [1.807, 2.05) is 12.1 Å². The summed E-state index contributed by atoms with van der Waals surface area (Å²) >= 11 is 12.4. The predicted molar refractivity (Wildman–Crippen MR) is 91.7 cm³/mol. The Labute approximate surface area is 138 Å². The topological polar surface area (TPSA) is 6.48 Å². The van der Waals surface area contributed by atoms with Crippen molar-refractivity contribution in [3.63, 3.8) is 0 Å². The second-order valence-electron chi connectivity index (χ2n) is 6.19. The number of likely N-dealkylation sites (tertiary alicyclic amines) is 1. The Kier molecular flexibility index (Phi) is 5.31. The molecule has 0 unspecified atom stereocenters. The summed E-state index contributed by atoms with van der Waals surface area (Å²) in [4.78, 5) is 5.17. The van der Waals surface area contributed by atoms with Crippen molar-refractivity contribution in [2.24, 2.45) is 0 Å². The monoisotopic (exact) mass is 326 g/mol. The van der Waals surface area contributed by atoms with E-state index in [0.717, 1.165) is 29.7 Å². The normalized spacial score (nSPS) is 21.7. The molecule has 2 nitrogen and oxygen atoms in total. The molecule has 0 aromatic heterocycles. The molecular weight excluding hydrogens is 303 g/mol. The lowest BCUT2D eigenvalue weighted by Gasteiger charge is -2.41. The van der Waals surface area contributed by atoms with E-state index in [9.17, 15) is 0 Å². The molecule has 2 saturated heterocycles. The Morgan fingerprint density at radius 1 is 1.00 bits per heavy atom. The first kappa shape index (κ1) is 15.5. The molecule has 1 aromatic rings. The van der Waals surface area contributed by atoms with Crippen LogP contribution in [0.2, 0.25) is 5.02 Å². The van der Waals surface area contributed by atoms with Crippen LogP contribution in [0.15, 0.2) is 18.2 Å². The molecule has 0 bridgehead atoms. The minimum absolute atomic E-state index is 0.487. The van der Waals surface area contributed by atoms with Gasteiger partial charge in [-0.1, -0.05) is 24.1 Å². The first-order chi connectivity index (χ1) is 10.3. The molecule has 0 amide bonds. The fourth-order valence-electron chi connectivity index (χ4n) is 3.73. The van der Waals surface area contributed by atoms with Crippen LogP contribution in [-0.4, -0.2) is 37.1 Å². The lowest BCUT2D eigenvalue weighted by atomic mass is 9.99. The van der Waals surface area contributed by atoms with E-state index in [2.05, 4.69) is 15.9 Å². The summed E-state index contributed by atoms with van der Waals surface area (Å²) in [5.74, 6) is 0.487. The summed E-state index contributed by atoms with van der Waals surface area (Å²) in [5.41, 5.74) is 2.31. The Bertz CT molecular complexity index is 464. The number of hydrogen-bond donors (Lipinski definition) is 0. The van der Waals surface area contributed by atoms with Crippen LogP contribution in [0.25, 0.3) is 0 Å². The summed E-state index contributed by atoms with van der Waals surface area (Å²) in [6.45, 7) is 4.83. The molecule has 0 radical (unpaired) electrons. The van der Waals surface area contributed by atoms with Crippen molar-refractivity contribution in [1.29, 1.82) is 0 Å². The van der Waals surface area contributed by atoms with Gasteiger partial charge in [0, 0.05) is 35.4 Å². The number of hydrogen-bond acceptors (Lipinski definition) is 2. The van der Waals surface area contributed by atoms with Crippen molar-refractivity contribution in [2.45, 2.75) is 44.0 Å². The molecule has 0 aliphatic carbocycles. The molecular formula is C17H24Cl2N2. The van der Waals surface area contributed by atoms with Gasteiger partial charge in [0.2, 0.25) is 0 Å². The standard InChI is InChI=1S/C17H24Cl2N2/c18-13-15-16(19)5-4-6-17(15)21-11-7-14(8-12-21)20-9-2-1-3-10-20/h4-6,14H,1-3,7-13H2. The minimum atomic E-state index is 0.487. The lowest BCUT2D eigenvalue weighted by Crippen LogP contribution is -2.46. The van der Waals surface area contributed by atoms with Crippen LogP contribution in [0.3, 0.4) is 0 Å². The van der Waals surface area contributed by atoms with Crippen molar-refractivity contribution >= 4 is 28.9 Å². The minimum Gasteiger partial charge on any atom is -0.371 e. The molecule has 0 spiro atoms. The van der Waals surface area contributed by atoms with Gasteiger partial charge in [-0.15, -0.1) is 11.6 Å². The highest BCUT2D eigenvalue weighted by Crippen LogP contribution is 2.32. The van der Waals surface area contributed by atoms with Crippen molar-refractivity contribution in [1.82, 2.24) is 4.90 Å². The highest BCUT2D eigenvalue weighted by Gasteiger charge is 2.26. The van der Waals surface area contributed by atoms with Crippen LogP contribution in [0.4, 0.5) is 5.69 Å². The summed E-state index contributed by atoms with van der Waals surface area (Å²) in [6.07, 6.45) is 6.69. The van der Waals surface area contributed by atoms with Crippen LogP contribution >= 0.6 is 23.2 Å². The summed E-state index contributed by atoms with van der Waals surface area (Å²) in [5, 5.41) is 0.792. The quantitative estimate of drug-likeness (QED) is 0.753. The van der Waals surface area contributed by atoms with Crippen LogP contribution in [-0.2, 0) is 5.88 Å². The van der Waals surface area contributed by atoms with E-state index in [1.54, 1.807) is 0 Å². The fraction of sp³-hybridized carbons (Fsp3) is 0.647. The van der Waals surface area contributed by atoms with Crippen LogP contribution in [0.1, 0.15) is 37.7 Å². The largest absolute Gasteiger partial charge is 0.371 e. The third-order valence-corrected chi connectivity index (χ3v) is 5.56. The number of rotatable bonds is 3. The number of halogens is 2. The summed E-state index contributed by atoms with van der Waals surface area (Å²) < 4.78 is 0. The van der Waals surface area contributed by atoms with Gasteiger partial charge in [-0.3, -0.25) is 0 Å². The third-order valence-electron chi connectivity index (χ3n) is 4.94. The van der Waals surface area contributed by atoms with Gasteiger partial charge in [-0.25, -0.2) is 0 Å². The number of anilines is 1. The van der Waals surface area contributed by atoms with Gasteiger partial charge < -0.3 is 9.80 Å². The Morgan fingerprint density at radius 3 is 2.38 bits per heavy atom. The van der Waals surface area contributed by atoms with E-state index in [1.165, 1.54) is 50.9 Å². The van der Waals surface area contributed by atoms with Gasteiger partial charge in [-0.2, -0.15) is 0 Å². The summed E-state index contributed by atoms with van der Waals surface area (Å²) in [6, 6.07) is 6.90. The Balaban J connectivity index is 1.64. The maximum absolute atomic E-state index is 6.28. The molecule has 1 aromatic carbocycles. The molecule has 0 atom stereocenters. The number of alkyl halides is 1. The highest BCUT2D eigenvalue weighted by molar-refractivity contribution is 6.32.